The zero-order chi connectivity index (χ0) is 16.2. The van der Waals surface area contributed by atoms with Crippen LogP contribution in [0.2, 0.25) is 0 Å². The van der Waals surface area contributed by atoms with Crippen LogP contribution in [0.25, 0.3) is 0 Å². The molecule has 0 saturated carbocycles. The molecule has 0 aliphatic heterocycles. The first-order valence-electron chi connectivity index (χ1n) is 5.52. The summed E-state index contributed by atoms with van der Waals surface area (Å²) in [6, 6.07) is 1.61. The molecular formula is C11H12FNO6S2. The van der Waals surface area contributed by atoms with Crippen LogP contribution < -0.4 is 0 Å². The first-order valence-corrected chi connectivity index (χ1v) is 8.57. The highest BCUT2D eigenvalue weighted by molar-refractivity contribution is 8.00. The number of carbonyl (C=O) groups is 1. The number of carbonyl (C=O) groups excluding carboxylic acids is 1. The highest BCUT2D eigenvalue weighted by Crippen LogP contribution is 2.32. The number of rotatable bonds is 6. The molecule has 0 radical (unpaired) electrons. The Bertz CT molecular complexity index is 674. The Balaban J connectivity index is 3.14. The molecule has 1 aromatic rings. The number of nitro groups is 1. The summed E-state index contributed by atoms with van der Waals surface area (Å²) < 4.78 is 40.1. The fourth-order valence-corrected chi connectivity index (χ4v) is 3.62. The lowest BCUT2D eigenvalue weighted by molar-refractivity contribution is -0.387. The van der Waals surface area contributed by atoms with Crippen molar-refractivity contribution in [1.82, 2.24) is 0 Å². The minimum atomic E-state index is -3.22. The Kier molecular flexibility index (Phi) is 5.67. The van der Waals surface area contributed by atoms with Gasteiger partial charge in [-0.2, -0.15) is 0 Å². The van der Waals surface area contributed by atoms with Gasteiger partial charge in [-0.3, -0.25) is 10.1 Å². The maximum Gasteiger partial charge on any atom is 0.340 e. The Labute approximate surface area is 124 Å². The Morgan fingerprint density at radius 3 is 2.57 bits per heavy atom. The minimum Gasteiger partial charge on any atom is -0.465 e. The van der Waals surface area contributed by atoms with Crippen molar-refractivity contribution < 1.29 is 27.3 Å². The van der Waals surface area contributed by atoms with E-state index in [9.17, 15) is 27.7 Å². The van der Waals surface area contributed by atoms with Gasteiger partial charge < -0.3 is 4.74 Å². The normalized spacial score (nSPS) is 11.2. The molecule has 0 fully saturated rings. The SMILES string of the molecule is COC(=O)c1cc(SCCS(C)(=O)=O)c([N+](=O)[O-])cc1F. The molecule has 0 aliphatic carbocycles. The quantitative estimate of drug-likeness (QED) is 0.336. The van der Waals surface area contributed by atoms with Crippen molar-refractivity contribution in [2.45, 2.75) is 4.90 Å². The second kappa shape index (κ2) is 6.85. The summed E-state index contributed by atoms with van der Waals surface area (Å²) in [6.45, 7) is 0. The van der Waals surface area contributed by atoms with Gasteiger partial charge in [-0.1, -0.05) is 0 Å². The number of hydrogen-bond donors (Lipinski definition) is 0. The molecule has 0 spiro atoms. The number of halogens is 1. The van der Waals surface area contributed by atoms with Gasteiger partial charge in [-0.15, -0.1) is 11.8 Å². The van der Waals surface area contributed by atoms with E-state index >= 15 is 0 Å². The Morgan fingerprint density at radius 1 is 1.48 bits per heavy atom. The summed E-state index contributed by atoms with van der Waals surface area (Å²) in [5, 5.41) is 10.9. The van der Waals surface area contributed by atoms with Gasteiger partial charge in [0, 0.05) is 12.0 Å². The number of thioether (sulfide) groups is 1. The predicted octanol–water partition coefficient (Wildman–Crippen LogP) is 1.66. The summed E-state index contributed by atoms with van der Waals surface area (Å²) in [6.07, 6.45) is 1.03. The van der Waals surface area contributed by atoms with E-state index in [1.165, 1.54) is 0 Å². The van der Waals surface area contributed by atoms with E-state index in [1.807, 2.05) is 0 Å². The zero-order valence-corrected chi connectivity index (χ0v) is 12.8. The minimum absolute atomic E-state index is 0.00505. The molecule has 0 amide bonds. The number of ether oxygens (including phenoxy) is 1. The molecule has 0 bridgehead atoms. The molecule has 0 aliphatic rings. The van der Waals surface area contributed by atoms with E-state index < -0.39 is 37.8 Å². The molecule has 0 aromatic heterocycles. The van der Waals surface area contributed by atoms with E-state index in [1.54, 1.807) is 0 Å². The van der Waals surface area contributed by atoms with Gasteiger partial charge in [-0.05, 0) is 6.07 Å². The van der Waals surface area contributed by atoms with Crippen LogP contribution in [-0.4, -0.2) is 44.2 Å². The third-order valence-corrected chi connectivity index (χ3v) is 4.61. The molecule has 21 heavy (non-hydrogen) atoms. The van der Waals surface area contributed by atoms with Crippen molar-refractivity contribution in [3.05, 3.63) is 33.6 Å². The molecule has 10 heteroatoms. The van der Waals surface area contributed by atoms with Crippen LogP contribution in [0, 0.1) is 15.9 Å². The molecular weight excluding hydrogens is 325 g/mol. The van der Waals surface area contributed by atoms with Crippen LogP contribution in [0.15, 0.2) is 17.0 Å². The summed E-state index contributed by atoms with van der Waals surface area (Å²) >= 11 is 0.858. The highest BCUT2D eigenvalue weighted by Gasteiger charge is 2.22. The molecule has 0 N–H and O–H groups in total. The number of methoxy groups -OCH3 is 1. The third-order valence-electron chi connectivity index (χ3n) is 2.36. The van der Waals surface area contributed by atoms with Gasteiger partial charge in [0.05, 0.1) is 34.3 Å². The van der Waals surface area contributed by atoms with E-state index in [-0.39, 0.29) is 16.4 Å². The molecule has 0 atom stereocenters. The maximum absolute atomic E-state index is 13.6. The van der Waals surface area contributed by atoms with Crippen LogP contribution in [-0.2, 0) is 14.6 Å². The topological polar surface area (TPSA) is 104 Å². The van der Waals surface area contributed by atoms with E-state index in [0.717, 1.165) is 31.2 Å². The summed E-state index contributed by atoms with van der Waals surface area (Å²) in [7, 11) is -2.17. The maximum atomic E-state index is 13.6. The number of sulfone groups is 1. The molecule has 0 saturated heterocycles. The van der Waals surface area contributed by atoms with Crippen LogP contribution in [0.5, 0.6) is 0 Å². The summed E-state index contributed by atoms with van der Waals surface area (Å²) in [4.78, 5) is 21.4. The standard InChI is InChI=1S/C11H12FNO6S2/c1-19-11(14)7-5-10(20-3-4-21(2,17)18)9(13(15)16)6-8(7)12/h5-6H,3-4H2,1-2H3. The molecule has 116 valence electrons. The molecule has 0 unspecified atom stereocenters. The van der Waals surface area contributed by atoms with Crippen molar-refractivity contribution in [3.63, 3.8) is 0 Å². The van der Waals surface area contributed by atoms with E-state index in [4.69, 9.17) is 0 Å². The average Bonchev–Trinajstić information content (AvgIpc) is 2.37. The van der Waals surface area contributed by atoms with E-state index in [0.29, 0.717) is 6.07 Å². The van der Waals surface area contributed by atoms with Crippen LogP contribution in [0.3, 0.4) is 0 Å². The third kappa shape index (κ3) is 4.97. The van der Waals surface area contributed by atoms with Crippen molar-refractivity contribution in [2.75, 3.05) is 24.9 Å². The highest BCUT2D eigenvalue weighted by atomic mass is 32.2. The van der Waals surface area contributed by atoms with Gasteiger partial charge in [0.2, 0.25) is 0 Å². The predicted molar refractivity (Wildman–Crippen MR) is 74.8 cm³/mol. The lowest BCUT2D eigenvalue weighted by Gasteiger charge is -2.06. The van der Waals surface area contributed by atoms with Crippen LogP contribution >= 0.6 is 11.8 Å². The van der Waals surface area contributed by atoms with Gasteiger partial charge in [0.25, 0.3) is 5.69 Å². The number of esters is 1. The molecule has 7 nitrogen and oxygen atoms in total. The summed E-state index contributed by atoms with van der Waals surface area (Å²) in [5.74, 6) is -2.18. The first kappa shape index (κ1) is 17.4. The van der Waals surface area contributed by atoms with E-state index in [2.05, 4.69) is 4.74 Å². The van der Waals surface area contributed by atoms with Crippen molar-refractivity contribution in [2.24, 2.45) is 0 Å². The second-order valence-corrected chi connectivity index (χ2v) is 7.42. The Hall–Kier alpha value is -1.68. The number of hydrogen-bond acceptors (Lipinski definition) is 7. The fourth-order valence-electron chi connectivity index (χ4n) is 1.37. The van der Waals surface area contributed by atoms with Crippen molar-refractivity contribution in [1.29, 1.82) is 0 Å². The lowest BCUT2D eigenvalue weighted by Crippen LogP contribution is -2.08. The smallest absolute Gasteiger partial charge is 0.340 e. The Morgan fingerprint density at radius 2 is 2.10 bits per heavy atom. The first-order chi connectivity index (χ1) is 9.65. The lowest BCUT2D eigenvalue weighted by atomic mass is 10.2. The van der Waals surface area contributed by atoms with Crippen LogP contribution in [0.1, 0.15) is 10.4 Å². The zero-order valence-electron chi connectivity index (χ0n) is 11.2. The fraction of sp³-hybridized carbons (Fsp3) is 0.364. The van der Waals surface area contributed by atoms with Crippen molar-refractivity contribution in [3.8, 4) is 0 Å². The summed E-state index contributed by atoms with van der Waals surface area (Å²) in [5.41, 5.74) is -0.969. The van der Waals surface area contributed by atoms with Gasteiger partial charge >= 0.3 is 5.97 Å². The van der Waals surface area contributed by atoms with Crippen molar-refractivity contribution >= 4 is 33.3 Å². The molecule has 0 heterocycles. The second-order valence-electron chi connectivity index (χ2n) is 4.03. The number of nitro benzene ring substituents is 1. The molecule has 1 aromatic carbocycles. The molecule has 1 rings (SSSR count). The monoisotopic (exact) mass is 337 g/mol. The van der Waals surface area contributed by atoms with Gasteiger partial charge in [0.15, 0.2) is 0 Å². The van der Waals surface area contributed by atoms with Crippen LogP contribution in [0.4, 0.5) is 10.1 Å². The number of nitrogens with zero attached hydrogens (tertiary/aromatic N) is 1. The van der Waals surface area contributed by atoms with Gasteiger partial charge in [-0.25, -0.2) is 17.6 Å². The average molecular weight is 337 g/mol. The largest absolute Gasteiger partial charge is 0.465 e. The number of benzene rings is 1. The van der Waals surface area contributed by atoms with Gasteiger partial charge in [0.1, 0.15) is 15.7 Å².